The van der Waals surface area contributed by atoms with E-state index >= 15 is 0 Å². The van der Waals surface area contributed by atoms with Crippen LogP contribution in [0.5, 0.6) is 0 Å². The molecule has 1 aromatic carbocycles. The number of hydrogen-bond donors (Lipinski definition) is 1. The van der Waals surface area contributed by atoms with Gasteiger partial charge in [-0.15, -0.1) is 0 Å². The Balaban J connectivity index is 2.26. The Bertz CT molecular complexity index is 502. The van der Waals surface area contributed by atoms with Gasteiger partial charge in [0.15, 0.2) is 0 Å². The zero-order chi connectivity index (χ0) is 14.0. The summed E-state index contributed by atoms with van der Waals surface area (Å²) in [5, 5.41) is 11.9. The molecule has 2 atom stereocenters. The Hall–Kier alpha value is -1.70. The standard InChI is InChI=1S/C14H15F3N2/c1-9-3-2-4-13(9)19-11-6-5-10(8-18)12(7-11)14(15,16)17/h5-7,9,13,19H,2-4H2,1H3. The van der Waals surface area contributed by atoms with Crippen LogP contribution in [0.25, 0.3) is 0 Å². The minimum Gasteiger partial charge on any atom is -0.382 e. The maximum absolute atomic E-state index is 12.8. The highest BCUT2D eigenvalue weighted by molar-refractivity contribution is 5.53. The van der Waals surface area contributed by atoms with E-state index in [-0.39, 0.29) is 11.6 Å². The fourth-order valence-electron chi connectivity index (χ4n) is 2.54. The minimum absolute atomic E-state index is 0.217. The predicted molar refractivity (Wildman–Crippen MR) is 66.6 cm³/mol. The van der Waals surface area contributed by atoms with E-state index in [0.717, 1.165) is 25.3 Å². The maximum atomic E-state index is 12.8. The van der Waals surface area contributed by atoms with Gasteiger partial charge in [-0.05, 0) is 37.0 Å². The lowest BCUT2D eigenvalue weighted by molar-refractivity contribution is -0.137. The monoisotopic (exact) mass is 268 g/mol. The van der Waals surface area contributed by atoms with Crippen molar-refractivity contribution in [2.75, 3.05) is 5.32 Å². The van der Waals surface area contributed by atoms with Crippen LogP contribution in [0.4, 0.5) is 18.9 Å². The van der Waals surface area contributed by atoms with Gasteiger partial charge in [0, 0.05) is 11.7 Å². The van der Waals surface area contributed by atoms with E-state index in [0.29, 0.717) is 11.6 Å². The molecule has 1 aliphatic carbocycles. The van der Waals surface area contributed by atoms with Crippen molar-refractivity contribution in [3.8, 4) is 6.07 Å². The first-order chi connectivity index (χ1) is 8.91. The molecule has 1 aliphatic rings. The van der Waals surface area contributed by atoms with E-state index in [2.05, 4.69) is 12.2 Å². The molecule has 1 fully saturated rings. The molecule has 0 amide bonds. The second kappa shape index (κ2) is 5.12. The zero-order valence-electron chi connectivity index (χ0n) is 10.6. The molecule has 2 rings (SSSR count). The van der Waals surface area contributed by atoms with Crippen molar-refractivity contribution in [1.29, 1.82) is 5.26 Å². The molecule has 2 nitrogen and oxygen atoms in total. The normalized spacial score (nSPS) is 23.1. The van der Waals surface area contributed by atoms with Gasteiger partial charge in [-0.3, -0.25) is 0 Å². The third-order valence-corrected chi connectivity index (χ3v) is 3.66. The summed E-state index contributed by atoms with van der Waals surface area (Å²) in [5.41, 5.74) is -0.770. The van der Waals surface area contributed by atoms with Crippen molar-refractivity contribution < 1.29 is 13.2 Å². The molecule has 1 aromatic rings. The van der Waals surface area contributed by atoms with Crippen molar-refractivity contribution >= 4 is 5.69 Å². The maximum Gasteiger partial charge on any atom is 0.417 e. The molecule has 0 radical (unpaired) electrons. The lowest BCUT2D eigenvalue weighted by Crippen LogP contribution is -2.22. The summed E-state index contributed by atoms with van der Waals surface area (Å²) in [4.78, 5) is 0. The molecule has 19 heavy (non-hydrogen) atoms. The van der Waals surface area contributed by atoms with Crippen LogP contribution in [-0.4, -0.2) is 6.04 Å². The number of hydrogen-bond acceptors (Lipinski definition) is 2. The fraction of sp³-hybridized carbons (Fsp3) is 0.500. The molecule has 1 N–H and O–H groups in total. The summed E-state index contributed by atoms with van der Waals surface area (Å²) in [6.45, 7) is 2.10. The summed E-state index contributed by atoms with van der Waals surface area (Å²) < 4.78 is 38.5. The van der Waals surface area contributed by atoms with E-state index < -0.39 is 11.7 Å². The van der Waals surface area contributed by atoms with Crippen molar-refractivity contribution in [3.05, 3.63) is 29.3 Å². The Labute approximate surface area is 110 Å². The van der Waals surface area contributed by atoms with Gasteiger partial charge in [-0.25, -0.2) is 0 Å². The Kier molecular flexibility index (Phi) is 3.70. The molecule has 0 bridgehead atoms. The van der Waals surface area contributed by atoms with Crippen molar-refractivity contribution in [2.45, 2.75) is 38.4 Å². The predicted octanol–water partition coefficient (Wildman–Crippen LogP) is 4.18. The van der Waals surface area contributed by atoms with Gasteiger partial charge in [0.1, 0.15) is 0 Å². The largest absolute Gasteiger partial charge is 0.417 e. The Morgan fingerprint density at radius 2 is 2.05 bits per heavy atom. The fourth-order valence-corrected chi connectivity index (χ4v) is 2.54. The first-order valence-corrected chi connectivity index (χ1v) is 6.29. The number of benzene rings is 1. The zero-order valence-corrected chi connectivity index (χ0v) is 10.6. The Morgan fingerprint density at radius 1 is 1.32 bits per heavy atom. The van der Waals surface area contributed by atoms with Gasteiger partial charge in [0.25, 0.3) is 0 Å². The molecule has 0 heterocycles. The number of nitrogens with one attached hydrogen (secondary N) is 1. The van der Waals surface area contributed by atoms with E-state index in [4.69, 9.17) is 5.26 Å². The SMILES string of the molecule is CC1CCCC1Nc1ccc(C#N)c(C(F)(F)F)c1. The smallest absolute Gasteiger partial charge is 0.382 e. The lowest BCUT2D eigenvalue weighted by Gasteiger charge is -2.20. The van der Waals surface area contributed by atoms with E-state index in [1.54, 1.807) is 12.1 Å². The Morgan fingerprint density at radius 3 is 2.58 bits per heavy atom. The molecule has 1 saturated carbocycles. The van der Waals surface area contributed by atoms with Gasteiger partial charge in [-0.2, -0.15) is 18.4 Å². The van der Waals surface area contributed by atoms with Crippen LogP contribution in [0.15, 0.2) is 18.2 Å². The molecule has 0 spiro atoms. The van der Waals surface area contributed by atoms with Crippen LogP contribution in [0.2, 0.25) is 0 Å². The molecule has 0 saturated heterocycles. The van der Waals surface area contributed by atoms with E-state index in [1.807, 2.05) is 0 Å². The van der Waals surface area contributed by atoms with E-state index in [1.165, 1.54) is 6.07 Å². The van der Waals surface area contributed by atoms with Crippen molar-refractivity contribution in [2.24, 2.45) is 5.92 Å². The average molecular weight is 268 g/mol. The van der Waals surface area contributed by atoms with Crippen LogP contribution in [0.1, 0.15) is 37.3 Å². The third-order valence-electron chi connectivity index (χ3n) is 3.66. The molecular formula is C14H15F3N2. The average Bonchev–Trinajstić information content (AvgIpc) is 2.74. The van der Waals surface area contributed by atoms with Crippen LogP contribution in [-0.2, 0) is 6.18 Å². The van der Waals surface area contributed by atoms with Gasteiger partial charge in [0.2, 0.25) is 0 Å². The van der Waals surface area contributed by atoms with Crippen LogP contribution < -0.4 is 5.32 Å². The minimum atomic E-state index is -4.50. The molecule has 5 heteroatoms. The third kappa shape index (κ3) is 3.01. The molecule has 2 unspecified atom stereocenters. The number of alkyl halides is 3. The summed E-state index contributed by atoms with van der Waals surface area (Å²) in [7, 11) is 0. The second-order valence-corrected chi connectivity index (χ2v) is 5.03. The van der Waals surface area contributed by atoms with Crippen LogP contribution in [0, 0.1) is 17.2 Å². The van der Waals surface area contributed by atoms with Gasteiger partial charge in [-0.1, -0.05) is 13.3 Å². The number of nitriles is 1. The van der Waals surface area contributed by atoms with Gasteiger partial charge < -0.3 is 5.32 Å². The second-order valence-electron chi connectivity index (χ2n) is 5.03. The topological polar surface area (TPSA) is 35.8 Å². The van der Waals surface area contributed by atoms with Crippen molar-refractivity contribution in [3.63, 3.8) is 0 Å². The quantitative estimate of drug-likeness (QED) is 0.873. The van der Waals surface area contributed by atoms with Crippen molar-refractivity contribution in [1.82, 2.24) is 0 Å². The number of rotatable bonds is 2. The molecule has 102 valence electrons. The summed E-state index contributed by atoms with van der Waals surface area (Å²) in [6, 6.07) is 5.60. The number of halogens is 3. The highest BCUT2D eigenvalue weighted by atomic mass is 19.4. The highest BCUT2D eigenvalue weighted by Gasteiger charge is 2.34. The van der Waals surface area contributed by atoms with Gasteiger partial charge in [0.05, 0.1) is 17.2 Å². The molecule has 0 aromatic heterocycles. The molecule has 0 aliphatic heterocycles. The van der Waals surface area contributed by atoms with Crippen LogP contribution >= 0.6 is 0 Å². The van der Waals surface area contributed by atoms with Crippen LogP contribution in [0.3, 0.4) is 0 Å². The number of anilines is 1. The first-order valence-electron chi connectivity index (χ1n) is 6.29. The summed E-state index contributed by atoms with van der Waals surface area (Å²) in [6.07, 6.45) is -1.33. The number of nitrogens with zero attached hydrogens (tertiary/aromatic N) is 1. The van der Waals surface area contributed by atoms with Gasteiger partial charge >= 0.3 is 6.18 Å². The first kappa shape index (κ1) is 13.7. The highest BCUT2D eigenvalue weighted by Crippen LogP contribution is 2.35. The summed E-state index contributed by atoms with van der Waals surface area (Å²) in [5.74, 6) is 0.463. The molecular weight excluding hydrogens is 253 g/mol. The summed E-state index contributed by atoms with van der Waals surface area (Å²) >= 11 is 0. The van der Waals surface area contributed by atoms with E-state index in [9.17, 15) is 13.2 Å². The lowest BCUT2D eigenvalue weighted by atomic mass is 10.0.